The van der Waals surface area contributed by atoms with Crippen LogP contribution in [0.2, 0.25) is 0 Å². The van der Waals surface area contributed by atoms with Gasteiger partial charge in [0.05, 0.1) is 0 Å². The number of hydrogen-bond donors (Lipinski definition) is 5. The van der Waals surface area contributed by atoms with Crippen LogP contribution in [0.5, 0.6) is 0 Å². The summed E-state index contributed by atoms with van der Waals surface area (Å²) >= 11 is 0. The fraction of sp³-hybridized carbons (Fsp3) is 0.182. The molecule has 6 N–H and O–H groups in total. The van der Waals surface area contributed by atoms with Gasteiger partial charge in [0.2, 0.25) is 0 Å². The second kappa shape index (κ2) is 10.1. The highest BCUT2D eigenvalue weighted by atomic mass is 19.1. The fourth-order valence-electron chi connectivity index (χ4n) is 2.34. The molecule has 0 aliphatic heterocycles. The first kappa shape index (κ1) is 22.4. The van der Waals surface area contributed by atoms with Crippen LogP contribution in [0, 0.1) is 23.7 Å². The lowest BCUT2D eigenvalue weighted by molar-refractivity contribution is -0.138. The van der Waals surface area contributed by atoms with E-state index in [9.17, 15) is 19.1 Å². The molecule has 8 heteroatoms. The van der Waals surface area contributed by atoms with Gasteiger partial charge in [0.15, 0.2) is 0 Å². The van der Waals surface area contributed by atoms with Crippen LogP contribution in [0.15, 0.2) is 48.5 Å². The Balaban J connectivity index is 2.07. The standard InChI is InChI=1S/C22H20FN3O4/c1-22(29,14-23)19(21(28)26-30)25-20(27)17-10-6-15(7-11-17)4-2-3-5-16-8-12-18(24)13-9-16/h6-13,19,29-30H,14,24H2,1H3,(H,25,27)(H,26,28)/t19-,22-/m1/s1. The van der Waals surface area contributed by atoms with Crippen LogP contribution >= 0.6 is 0 Å². The van der Waals surface area contributed by atoms with E-state index in [2.05, 4.69) is 29.0 Å². The number of carbonyl (C=O) groups is 2. The number of benzene rings is 2. The van der Waals surface area contributed by atoms with E-state index in [4.69, 9.17) is 10.9 Å². The Morgan fingerprint density at radius 2 is 1.57 bits per heavy atom. The van der Waals surface area contributed by atoms with Gasteiger partial charge in [-0.15, -0.1) is 0 Å². The summed E-state index contributed by atoms with van der Waals surface area (Å²) in [6.45, 7) is -0.283. The Bertz CT molecular complexity index is 1030. The predicted molar refractivity (Wildman–Crippen MR) is 109 cm³/mol. The predicted octanol–water partition coefficient (Wildman–Crippen LogP) is 0.996. The number of rotatable bonds is 5. The molecule has 0 saturated carbocycles. The summed E-state index contributed by atoms with van der Waals surface area (Å²) in [6.07, 6.45) is 0. The van der Waals surface area contributed by atoms with Crippen molar-refractivity contribution >= 4 is 17.5 Å². The average Bonchev–Trinajstić information content (AvgIpc) is 2.75. The molecule has 2 amide bonds. The number of alkyl halides is 1. The monoisotopic (exact) mass is 409 g/mol. The summed E-state index contributed by atoms with van der Waals surface area (Å²) in [5.41, 5.74) is 6.87. The number of nitrogens with two attached hydrogens (primary N) is 1. The van der Waals surface area contributed by atoms with Gasteiger partial charge in [-0.05, 0) is 67.3 Å². The maximum absolute atomic E-state index is 13.0. The van der Waals surface area contributed by atoms with E-state index in [-0.39, 0.29) is 5.56 Å². The van der Waals surface area contributed by atoms with E-state index in [1.165, 1.54) is 17.6 Å². The molecule has 0 saturated heterocycles. The molecule has 2 aromatic rings. The number of hydroxylamine groups is 1. The van der Waals surface area contributed by atoms with Crippen molar-refractivity contribution in [1.29, 1.82) is 0 Å². The highest BCUT2D eigenvalue weighted by Crippen LogP contribution is 2.13. The van der Waals surface area contributed by atoms with Crippen molar-refractivity contribution in [3.05, 3.63) is 65.2 Å². The molecule has 154 valence electrons. The Labute approximate surface area is 173 Å². The summed E-state index contributed by atoms with van der Waals surface area (Å²) in [7, 11) is 0. The van der Waals surface area contributed by atoms with E-state index >= 15 is 0 Å². The molecule has 0 radical (unpaired) electrons. The van der Waals surface area contributed by atoms with Crippen molar-refractivity contribution in [2.75, 3.05) is 12.4 Å². The lowest BCUT2D eigenvalue weighted by Crippen LogP contribution is -2.59. The van der Waals surface area contributed by atoms with Gasteiger partial charge in [-0.1, -0.05) is 11.8 Å². The Hall–Kier alpha value is -3.85. The quantitative estimate of drug-likeness (QED) is 0.218. The minimum atomic E-state index is -2.20. The molecule has 0 fully saturated rings. The van der Waals surface area contributed by atoms with Crippen molar-refractivity contribution < 1.29 is 24.3 Å². The normalized spacial score (nSPS) is 12.8. The van der Waals surface area contributed by atoms with Gasteiger partial charge in [-0.2, -0.15) is 0 Å². The molecule has 2 atom stereocenters. The van der Waals surface area contributed by atoms with Crippen molar-refractivity contribution in [2.24, 2.45) is 0 Å². The van der Waals surface area contributed by atoms with Crippen LogP contribution < -0.4 is 16.5 Å². The van der Waals surface area contributed by atoms with E-state index in [1.807, 2.05) is 0 Å². The Morgan fingerprint density at radius 3 is 2.03 bits per heavy atom. The molecule has 0 unspecified atom stereocenters. The van der Waals surface area contributed by atoms with Crippen LogP contribution in [0.1, 0.15) is 28.4 Å². The van der Waals surface area contributed by atoms with Crippen molar-refractivity contribution in [1.82, 2.24) is 10.8 Å². The van der Waals surface area contributed by atoms with Gasteiger partial charge < -0.3 is 16.2 Å². The van der Waals surface area contributed by atoms with E-state index in [0.29, 0.717) is 11.3 Å². The van der Waals surface area contributed by atoms with Gasteiger partial charge in [-0.3, -0.25) is 14.8 Å². The van der Waals surface area contributed by atoms with Crippen LogP contribution in [0.3, 0.4) is 0 Å². The van der Waals surface area contributed by atoms with E-state index in [0.717, 1.165) is 12.5 Å². The lowest BCUT2D eigenvalue weighted by atomic mass is 9.97. The SMILES string of the molecule is C[C@@](O)(CF)[C@H](NC(=O)c1ccc(C#CC#Cc2ccc(N)cc2)cc1)C(=O)NO. The molecule has 0 aromatic heterocycles. The number of anilines is 1. The number of nitrogens with one attached hydrogen (secondary N) is 2. The van der Waals surface area contributed by atoms with Crippen molar-refractivity contribution in [3.63, 3.8) is 0 Å². The minimum Gasteiger partial charge on any atom is -0.399 e. The van der Waals surface area contributed by atoms with Crippen LogP contribution in [-0.2, 0) is 4.79 Å². The number of hydrogen-bond acceptors (Lipinski definition) is 5. The van der Waals surface area contributed by atoms with E-state index < -0.39 is 30.1 Å². The minimum absolute atomic E-state index is 0.152. The number of nitrogen functional groups attached to an aromatic ring is 1. The van der Waals surface area contributed by atoms with E-state index in [1.54, 1.807) is 36.4 Å². The zero-order chi connectivity index (χ0) is 22.1. The molecule has 0 spiro atoms. The average molecular weight is 409 g/mol. The first-order valence-electron chi connectivity index (χ1n) is 8.77. The molecule has 30 heavy (non-hydrogen) atoms. The van der Waals surface area contributed by atoms with Gasteiger partial charge in [0, 0.05) is 22.4 Å². The highest BCUT2D eigenvalue weighted by molar-refractivity contribution is 5.97. The molecule has 2 aromatic carbocycles. The molecular formula is C22H20FN3O4. The van der Waals surface area contributed by atoms with Gasteiger partial charge in [-0.25, -0.2) is 9.87 Å². The number of aliphatic hydroxyl groups is 1. The number of halogens is 1. The third-order valence-corrected chi connectivity index (χ3v) is 4.07. The highest BCUT2D eigenvalue weighted by Gasteiger charge is 2.39. The van der Waals surface area contributed by atoms with Crippen LogP contribution in [-0.4, -0.2) is 40.4 Å². The summed E-state index contributed by atoms with van der Waals surface area (Å²) in [6, 6.07) is 11.4. The zero-order valence-electron chi connectivity index (χ0n) is 16.1. The summed E-state index contributed by atoms with van der Waals surface area (Å²) in [5, 5.41) is 20.9. The summed E-state index contributed by atoms with van der Waals surface area (Å²) in [5.74, 6) is 9.23. The molecule has 2 rings (SSSR count). The molecule has 7 nitrogen and oxygen atoms in total. The van der Waals surface area contributed by atoms with Crippen LogP contribution in [0.25, 0.3) is 0 Å². The summed E-state index contributed by atoms with van der Waals surface area (Å²) in [4.78, 5) is 24.0. The lowest BCUT2D eigenvalue weighted by Gasteiger charge is -2.29. The second-order valence-electron chi connectivity index (χ2n) is 6.57. The summed E-state index contributed by atoms with van der Waals surface area (Å²) < 4.78 is 13.0. The third kappa shape index (κ3) is 6.08. The first-order chi connectivity index (χ1) is 14.3. The molecular weight excluding hydrogens is 389 g/mol. The van der Waals surface area contributed by atoms with Gasteiger partial charge in [0.25, 0.3) is 11.8 Å². The topological polar surface area (TPSA) is 125 Å². The van der Waals surface area contributed by atoms with Gasteiger partial charge in [0.1, 0.15) is 18.3 Å². The van der Waals surface area contributed by atoms with Crippen molar-refractivity contribution in [2.45, 2.75) is 18.6 Å². The number of amides is 2. The maximum Gasteiger partial charge on any atom is 0.268 e. The number of carbonyl (C=O) groups excluding carboxylic acids is 2. The Kier molecular flexibility index (Phi) is 7.54. The maximum atomic E-state index is 13.0. The zero-order valence-corrected chi connectivity index (χ0v) is 16.1. The van der Waals surface area contributed by atoms with Gasteiger partial charge >= 0.3 is 0 Å². The second-order valence-corrected chi connectivity index (χ2v) is 6.57. The largest absolute Gasteiger partial charge is 0.399 e. The molecule has 0 aliphatic rings. The molecule has 0 heterocycles. The molecule has 0 bridgehead atoms. The third-order valence-electron chi connectivity index (χ3n) is 4.07. The Morgan fingerprint density at radius 1 is 1.07 bits per heavy atom. The first-order valence-corrected chi connectivity index (χ1v) is 8.77. The molecule has 0 aliphatic carbocycles. The van der Waals surface area contributed by atoms with Crippen molar-refractivity contribution in [3.8, 4) is 23.7 Å². The fourth-order valence-corrected chi connectivity index (χ4v) is 2.34. The smallest absolute Gasteiger partial charge is 0.268 e. The van der Waals surface area contributed by atoms with Crippen LogP contribution in [0.4, 0.5) is 10.1 Å².